The molecule has 0 spiro atoms. The summed E-state index contributed by atoms with van der Waals surface area (Å²) in [5, 5.41) is 0. The second-order valence-electron chi connectivity index (χ2n) is 2.99. The van der Waals surface area contributed by atoms with Crippen molar-refractivity contribution in [1.29, 1.82) is 0 Å². The molecule has 0 atom stereocenters. The number of amides is 1. The van der Waals surface area contributed by atoms with Crippen molar-refractivity contribution in [2.45, 2.75) is 6.92 Å². The van der Waals surface area contributed by atoms with Crippen LogP contribution in [-0.4, -0.2) is 17.7 Å². The van der Waals surface area contributed by atoms with Gasteiger partial charge in [0, 0.05) is 0 Å². The van der Waals surface area contributed by atoms with Crippen LogP contribution in [0.5, 0.6) is 0 Å². The summed E-state index contributed by atoms with van der Waals surface area (Å²) in [6.07, 6.45) is 1.20. The number of benzene rings is 1. The zero-order chi connectivity index (χ0) is 10.7. The largest absolute Gasteiger partial charge is 0.448 e. The van der Waals surface area contributed by atoms with E-state index >= 15 is 0 Å². The van der Waals surface area contributed by atoms with Crippen molar-refractivity contribution in [2.75, 3.05) is 12.0 Å². The van der Waals surface area contributed by atoms with Gasteiger partial charge in [-0.25, -0.2) is 9.78 Å². The smallest absolute Gasteiger partial charge is 0.443 e. The molecule has 5 nitrogen and oxygen atoms in total. The van der Waals surface area contributed by atoms with E-state index in [2.05, 4.69) is 10.4 Å². The molecule has 2 rings (SSSR count). The van der Waals surface area contributed by atoms with Gasteiger partial charge in [0.25, 0.3) is 6.33 Å². The van der Waals surface area contributed by atoms with Crippen LogP contribution in [0.25, 0.3) is 11.0 Å². The Morgan fingerprint density at radius 2 is 2.33 bits per heavy atom. The van der Waals surface area contributed by atoms with Crippen molar-refractivity contribution in [3.05, 3.63) is 30.6 Å². The van der Waals surface area contributed by atoms with E-state index in [1.54, 1.807) is 17.9 Å². The molecule has 1 amide bonds. The Hall–Kier alpha value is -2.04. The number of carbonyl (C=O) groups is 1. The third-order valence-electron chi connectivity index (χ3n) is 2.00. The van der Waals surface area contributed by atoms with E-state index in [0.29, 0.717) is 6.61 Å². The van der Waals surface area contributed by atoms with E-state index in [-0.39, 0.29) is 0 Å². The van der Waals surface area contributed by atoms with Gasteiger partial charge in [-0.1, -0.05) is 12.1 Å². The number of carbonyl (C=O) groups excluding carboxylic acids is 1. The van der Waals surface area contributed by atoms with Gasteiger partial charge >= 0.3 is 6.09 Å². The lowest BCUT2D eigenvalue weighted by atomic mass is 10.3. The van der Waals surface area contributed by atoms with Crippen molar-refractivity contribution >= 4 is 17.1 Å². The molecule has 1 aromatic heterocycles. The standard InChI is InChI=1S/C10H11N3O2/c1-2-15-10(14)12-13-7-11-8-5-3-4-6-9(8)13/h3-7H,2H2,1H3,(H,12,14)/p+1. The molecule has 78 valence electrons. The number of H-pyrrole nitrogens is 1. The summed E-state index contributed by atoms with van der Waals surface area (Å²) in [5.74, 6) is 0. The fraction of sp³-hybridized carbons (Fsp3) is 0.200. The summed E-state index contributed by atoms with van der Waals surface area (Å²) >= 11 is 0. The Balaban J connectivity index is 2.25. The lowest BCUT2D eigenvalue weighted by Crippen LogP contribution is -2.47. The van der Waals surface area contributed by atoms with E-state index in [0.717, 1.165) is 11.0 Å². The first-order chi connectivity index (χ1) is 7.31. The Morgan fingerprint density at radius 1 is 1.53 bits per heavy atom. The van der Waals surface area contributed by atoms with Gasteiger partial charge < -0.3 is 4.74 Å². The second-order valence-corrected chi connectivity index (χ2v) is 2.99. The monoisotopic (exact) mass is 206 g/mol. The Kier molecular flexibility index (Phi) is 2.53. The lowest BCUT2D eigenvalue weighted by Gasteiger charge is -2.00. The van der Waals surface area contributed by atoms with Gasteiger partial charge in [0.15, 0.2) is 11.0 Å². The molecular formula is C10H12N3O2+. The van der Waals surface area contributed by atoms with Crippen molar-refractivity contribution in [3.8, 4) is 0 Å². The molecular weight excluding hydrogens is 194 g/mol. The highest BCUT2D eigenvalue weighted by molar-refractivity contribution is 5.76. The van der Waals surface area contributed by atoms with E-state index in [1.165, 1.54) is 0 Å². The number of aromatic amines is 1. The maximum atomic E-state index is 11.2. The Labute approximate surface area is 86.6 Å². The minimum absolute atomic E-state index is 0.356. The predicted molar refractivity (Wildman–Crippen MR) is 54.9 cm³/mol. The van der Waals surface area contributed by atoms with Crippen LogP contribution >= 0.6 is 0 Å². The van der Waals surface area contributed by atoms with Gasteiger partial charge in [0.2, 0.25) is 0 Å². The molecule has 0 saturated carbocycles. The average molecular weight is 206 g/mol. The molecule has 2 aromatic rings. The summed E-state index contributed by atoms with van der Waals surface area (Å²) in [7, 11) is 0. The Bertz CT molecular complexity index is 478. The number of hydrogen-bond donors (Lipinski definition) is 2. The summed E-state index contributed by atoms with van der Waals surface area (Å²) in [6, 6.07) is 7.66. The third-order valence-corrected chi connectivity index (χ3v) is 2.00. The second kappa shape index (κ2) is 4.00. The van der Waals surface area contributed by atoms with Gasteiger partial charge in [-0.3, -0.25) is 0 Å². The number of ether oxygens (including phenoxy) is 1. The van der Waals surface area contributed by atoms with E-state index < -0.39 is 6.09 Å². The SMILES string of the molecule is CCOC(=O)N[n+]1c[nH]c2ccccc21. The zero-order valence-corrected chi connectivity index (χ0v) is 8.36. The summed E-state index contributed by atoms with van der Waals surface area (Å²) in [6.45, 7) is 2.12. The summed E-state index contributed by atoms with van der Waals surface area (Å²) in [5.41, 5.74) is 4.44. The lowest BCUT2D eigenvalue weighted by molar-refractivity contribution is -0.615. The van der Waals surface area contributed by atoms with Crippen LogP contribution in [0.15, 0.2) is 30.6 Å². The molecule has 5 heteroatoms. The van der Waals surface area contributed by atoms with E-state index in [1.807, 2.05) is 24.3 Å². The molecule has 15 heavy (non-hydrogen) atoms. The van der Waals surface area contributed by atoms with Crippen LogP contribution in [-0.2, 0) is 4.74 Å². The highest BCUT2D eigenvalue weighted by Crippen LogP contribution is 2.04. The van der Waals surface area contributed by atoms with Gasteiger partial charge in [0.05, 0.1) is 6.61 Å². The minimum atomic E-state index is -0.466. The molecule has 0 aliphatic heterocycles. The highest BCUT2D eigenvalue weighted by atomic mass is 16.5. The predicted octanol–water partition coefficient (Wildman–Crippen LogP) is 1.16. The van der Waals surface area contributed by atoms with Crippen LogP contribution in [0.1, 0.15) is 6.92 Å². The third kappa shape index (κ3) is 1.90. The topological polar surface area (TPSA) is 58.0 Å². The van der Waals surface area contributed by atoms with Crippen LogP contribution in [0.4, 0.5) is 4.79 Å². The average Bonchev–Trinajstić information content (AvgIpc) is 2.62. The van der Waals surface area contributed by atoms with Crippen LogP contribution < -0.4 is 10.1 Å². The zero-order valence-electron chi connectivity index (χ0n) is 8.36. The van der Waals surface area contributed by atoms with Crippen LogP contribution in [0.2, 0.25) is 0 Å². The number of aromatic nitrogens is 2. The number of nitrogens with one attached hydrogen (secondary N) is 2. The number of para-hydroxylation sites is 2. The molecule has 0 fully saturated rings. The van der Waals surface area contributed by atoms with E-state index in [4.69, 9.17) is 4.74 Å². The molecule has 0 radical (unpaired) electrons. The number of hydrogen-bond acceptors (Lipinski definition) is 2. The normalized spacial score (nSPS) is 10.2. The number of nitrogens with zero attached hydrogens (tertiary/aromatic N) is 1. The molecule has 1 heterocycles. The van der Waals surface area contributed by atoms with Crippen molar-refractivity contribution in [3.63, 3.8) is 0 Å². The quantitative estimate of drug-likeness (QED) is 0.724. The first-order valence-electron chi connectivity index (χ1n) is 4.73. The molecule has 1 aromatic carbocycles. The number of rotatable bonds is 2. The van der Waals surface area contributed by atoms with E-state index in [9.17, 15) is 4.79 Å². The molecule has 0 bridgehead atoms. The van der Waals surface area contributed by atoms with Crippen molar-refractivity contribution in [1.82, 2.24) is 4.98 Å². The maximum Gasteiger partial charge on any atom is 0.443 e. The molecule has 0 saturated heterocycles. The van der Waals surface area contributed by atoms with Gasteiger partial charge in [0.1, 0.15) is 0 Å². The number of imidazole rings is 1. The minimum Gasteiger partial charge on any atom is -0.448 e. The molecule has 0 aliphatic carbocycles. The fourth-order valence-corrected chi connectivity index (χ4v) is 1.36. The molecule has 0 aliphatic rings. The molecule has 2 N–H and O–H groups in total. The maximum absolute atomic E-state index is 11.2. The van der Waals surface area contributed by atoms with Crippen LogP contribution in [0.3, 0.4) is 0 Å². The fourth-order valence-electron chi connectivity index (χ4n) is 1.36. The first-order valence-corrected chi connectivity index (χ1v) is 4.73. The first kappa shape index (κ1) is 9.51. The van der Waals surface area contributed by atoms with Crippen molar-refractivity contribution in [2.24, 2.45) is 0 Å². The Morgan fingerprint density at radius 3 is 3.13 bits per heavy atom. The summed E-state index contributed by atoms with van der Waals surface area (Å²) in [4.78, 5) is 14.2. The highest BCUT2D eigenvalue weighted by Gasteiger charge is 2.11. The van der Waals surface area contributed by atoms with Crippen LogP contribution in [0, 0.1) is 0 Å². The van der Waals surface area contributed by atoms with Crippen molar-refractivity contribution < 1.29 is 14.2 Å². The van der Waals surface area contributed by atoms with Gasteiger partial charge in [-0.2, -0.15) is 5.43 Å². The molecule has 0 unspecified atom stereocenters. The van der Waals surface area contributed by atoms with Gasteiger partial charge in [-0.05, 0) is 19.1 Å². The van der Waals surface area contributed by atoms with Gasteiger partial charge in [-0.15, -0.1) is 4.68 Å². The number of fused-ring (bicyclic) bond motifs is 1. The summed E-state index contributed by atoms with van der Waals surface area (Å²) < 4.78 is 6.37.